The van der Waals surface area contributed by atoms with E-state index in [0.29, 0.717) is 46.6 Å². The normalized spacial score (nSPS) is 16.9. The maximum atomic E-state index is 14.6. The summed E-state index contributed by atoms with van der Waals surface area (Å²) in [5, 5.41) is 16.2. The molecule has 2 aliphatic rings. The number of ether oxygens (including phenoxy) is 1. The molecule has 0 saturated carbocycles. The summed E-state index contributed by atoms with van der Waals surface area (Å²) in [6, 6.07) is 8.61. The molecule has 0 spiro atoms. The van der Waals surface area contributed by atoms with E-state index < -0.39 is 30.4 Å². The summed E-state index contributed by atoms with van der Waals surface area (Å²) in [6.45, 7) is 4.34. The van der Waals surface area contributed by atoms with Crippen LogP contribution in [-0.4, -0.2) is 63.7 Å². The van der Waals surface area contributed by atoms with Crippen molar-refractivity contribution in [2.45, 2.75) is 51.4 Å². The summed E-state index contributed by atoms with van der Waals surface area (Å²) in [4.78, 5) is 36.9. The molecule has 3 N–H and O–H groups in total. The van der Waals surface area contributed by atoms with Gasteiger partial charge in [0.15, 0.2) is 0 Å². The highest BCUT2D eigenvalue weighted by Gasteiger charge is 2.35. The van der Waals surface area contributed by atoms with E-state index >= 15 is 0 Å². The molecule has 9 nitrogen and oxygen atoms in total. The number of aromatic nitrogens is 2. The standard InChI is InChI=1S/C29H31ClFN5O4/c1-16-4-3-5-21(25(16)31)24(15-37)34-27(38)17(2)36-14-19-7-6-18(12-22(19)28(36)39)26-23(30)13-32-29(35-26)33-20-8-10-40-11-9-20/h3-7,12-13,17,20,24,37H,8-11,14-15H2,1-2H3,(H,34,38)(H,32,33,35). The SMILES string of the molecule is Cc1cccc(C(CO)NC(=O)C(C)N2Cc3ccc(-c4nc(NC5CCOCC5)ncc4Cl)cc3C2=O)c1F. The molecule has 2 unspecified atom stereocenters. The van der Waals surface area contributed by atoms with Crippen molar-refractivity contribution < 1.29 is 23.8 Å². The monoisotopic (exact) mass is 567 g/mol. The van der Waals surface area contributed by atoms with Crippen LogP contribution in [0, 0.1) is 12.7 Å². The topological polar surface area (TPSA) is 117 Å². The molecule has 2 aliphatic heterocycles. The van der Waals surface area contributed by atoms with Crippen molar-refractivity contribution >= 4 is 29.4 Å². The molecule has 3 aromatic rings. The average Bonchev–Trinajstić information content (AvgIpc) is 3.30. The molecular formula is C29H31ClFN5O4. The Morgan fingerprint density at radius 1 is 1.27 bits per heavy atom. The van der Waals surface area contributed by atoms with Crippen molar-refractivity contribution in [3.05, 3.63) is 75.7 Å². The lowest BCUT2D eigenvalue weighted by molar-refractivity contribution is -0.126. The van der Waals surface area contributed by atoms with Crippen molar-refractivity contribution in [3.63, 3.8) is 0 Å². The minimum atomic E-state index is -0.939. The first-order valence-corrected chi connectivity index (χ1v) is 13.6. The third-order valence-corrected chi connectivity index (χ3v) is 7.73. The fourth-order valence-electron chi connectivity index (χ4n) is 5.04. The number of halogens is 2. The number of carbonyl (C=O) groups excluding carboxylic acids is 2. The van der Waals surface area contributed by atoms with Crippen LogP contribution in [0.3, 0.4) is 0 Å². The predicted octanol–water partition coefficient (Wildman–Crippen LogP) is 4.03. The maximum absolute atomic E-state index is 14.6. The zero-order chi connectivity index (χ0) is 28.4. The minimum absolute atomic E-state index is 0.191. The highest BCUT2D eigenvalue weighted by atomic mass is 35.5. The summed E-state index contributed by atoms with van der Waals surface area (Å²) >= 11 is 6.45. The van der Waals surface area contributed by atoms with E-state index in [-0.39, 0.29) is 24.1 Å². The highest BCUT2D eigenvalue weighted by molar-refractivity contribution is 6.33. The third-order valence-electron chi connectivity index (χ3n) is 7.46. The quantitative estimate of drug-likeness (QED) is 0.376. The van der Waals surface area contributed by atoms with Gasteiger partial charge in [-0.25, -0.2) is 14.4 Å². The number of nitrogens with zero attached hydrogens (tertiary/aromatic N) is 3. The number of fused-ring (bicyclic) bond motifs is 1. The van der Waals surface area contributed by atoms with Gasteiger partial charge in [-0.3, -0.25) is 9.59 Å². The van der Waals surface area contributed by atoms with Crippen LogP contribution in [0.4, 0.5) is 10.3 Å². The number of anilines is 1. The second kappa shape index (κ2) is 11.9. The lowest BCUT2D eigenvalue weighted by Gasteiger charge is -2.26. The minimum Gasteiger partial charge on any atom is -0.394 e. The van der Waals surface area contributed by atoms with Crippen molar-refractivity contribution in [1.29, 1.82) is 0 Å². The van der Waals surface area contributed by atoms with Crippen LogP contribution < -0.4 is 10.6 Å². The Morgan fingerprint density at radius 3 is 2.80 bits per heavy atom. The Labute approximate surface area is 236 Å². The van der Waals surface area contributed by atoms with E-state index in [1.54, 1.807) is 32.0 Å². The molecule has 40 heavy (non-hydrogen) atoms. The van der Waals surface area contributed by atoms with Crippen molar-refractivity contribution in [3.8, 4) is 11.3 Å². The van der Waals surface area contributed by atoms with Crippen LogP contribution in [0.5, 0.6) is 0 Å². The molecule has 0 aliphatic carbocycles. The van der Waals surface area contributed by atoms with Gasteiger partial charge in [0.25, 0.3) is 5.91 Å². The van der Waals surface area contributed by atoms with E-state index in [1.165, 1.54) is 17.2 Å². The fourth-order valence-corrected chi connectivity index (χ4v) is 5.24. The average molecular weight is 568 g/mol. The molecule has 0 bridgehead atoms. The number of carbonyl (C=O) groups is 2. The predicted molar refractivity (Wildman–Crippen MR) is 148 cm³/mol. The number of hydrogen-bond acceptors (Lipinski definition) is 7. The van der Waals surface area contributed by atoms with Gasteiger partial charge in [-0.2, -0.15) is 0 Å². The van der Waals surface area contributed by atoms with Crippen molar-refractivity contribution in [2.75, 3.05) is 25.1 Å². The Morgan fingerprint density at radius 2 is 2.05 bits per heavy atom. The van der Waals surface area contributed by atoms with Gasteiger partial charge in [0.1, 0.15) is 11.9 Å². The lowest BCUT2D eigenvalue weighted by atomic mass is 10.0. The number of hydrogen-bond donors (Lipinski definition) is 3. The Bertz CT molecular complexity index is 1430. The first-order valence-electron chi connectivity index (χ1n) is 13.2. The fraction of sp³-hybridized carbons (Fsp3) is 0.379. The first-order chi connectivity index (χ1) is 19.3. The smallest absolute Gasteiger partial charge is 0.255 e. The van der Waals surface area contributed by atoms with Crippen molar-refractivity contribution in [1.82, 2.24) is 20.2 Å². The molecule has 2 aromatic carbocycles. The molecule has 5 rings (SSSR count). The first kappa shape index (κ1) is 27.9. The van der Waals surface area contributed by atoms with Gasteiger partial charge in [0, 0.05) is 42.5 Å². The largest absolute Gasteiger partial charge is 0.394 e. The number of rotatable bonds is 8. The molecule has 1 aromatic heterocycles. The molecule has 1 fully saturated rings. The number of nitrogens with one attached hydrogen (secondary N) is 2. The molecular weight excluding hydrogens is 537 g/mol. The zero-order valence-corrected chi connectivity index (χ0v) is 23.0. The number of amides is 2. The van der Waals surface area contributed by atoms with Gasteiger partial charge in [-0.05, 0) is 43.9 Å². The molecule has 0 radical (unpaired) electrons. The van der Waals surface area contributed by atoms with E-state index in [4.69, 9.17) is 16.3 Å². The second-order valence-electron chi connectivity index (χ2n) is 10.1. The summed E-state index contributed by atoms with van der Waals surface area (Å²) in [5.41, 5.74) is 2.98. The van der Waals surface area contributed by atoms with Gasteiger partial charge >= 0.3 is 0 Å². The van der Waals surface area contributed by atoms with Crippen LogP contribution in [0.15, 0.2) is 42.6 Å². The molecule has 1 saturated heterocycles. The van der Waals surface area contributed by atoms with Gasteiger partial charge in [-0.15, -0.1) is 0 Å². The summed E-state index contributed by atoms with van der Waals surface area (Å²) in [5.74, 6) is -0.841. The maximum Gasteiger partial charge on any atom is 0.255 e. The summed E-state index contributed by atoms with van der Waals surface area (Å²) < 4.78 is 20.0. The molecule has 3 heterocycles. The molecule has 210 valence electrons. The van der Waals surface area contributed by atoms with Crippen LogP contribution in [0.2, 0.25) is 5.02 Å². The Balaban J connectivity index is 1.31. The number of benzene rings is 2. The highest BCUT2D eigenvalue weighted by Crippen LogP contribution is 2.32. The van der Waals surface area contributed by atoms with Crippen LogP contribution >= 0.6 is 11.6 Å². The third kappa shape index (κ3) is 5.65. The van der Waals surface area contributed by atoms with E-state index in [1.807, 2.05) is 12.1 Å². The molecule has 2 atom stereocenters. The van der Waals surface area contributed by atoms with E-state index in [2.05, 4.69) is 20.6 Å². The summed E-state index contributed by atoms with van der Waals surface area (Å²) in [6.07, 6.45) is 3.25. The van der Waals surface area contributed by atoms with Crippen molar-refractivity contribution in [2.24, 2.45) is 0 Å². The Hall–Kier alpha value is -3.60. The van der Waals surface area contributed by atoms with Gasteiger partial charge in [0.05, 0.1) is 29.6 Å². The van der Waals surface area contributed by atoms with E-state index in [0.717, 1.165) is 18.4 Å². The number of aliphatic hydroxyl groups is 1. The Kier molecular flexibility index (Phi) is 8.30. The van der Waals surface area contributed by atoms with Gasteiger partial charge < -0.3 is 25.4 Å². The molecule has 11 heteroatoms. The lowest BCUT2D eigenvalue weighted by Crippen LogP contribution is -2.47. The second-order valence-corrected chi connectivity index (χ2v) is 10.5. The van der Waals surface area contributed by atoms with Crippen LogP contribution in [-0.2, 0) is 16.1 Å². The van der Waals surface area contributed by atoms with E-state index in [9.17, 15) is 19.1 Å². The number of aryl methyl sites for hydroxylation is 1. The van der Waals surface area contributed by atoms with Gasteiger partial charge in [0.2, 0.25) is 11.9 Å². The number of aliphatic hydroxyl groups excluding tert-OH is 1. The summed E-state index contributed by atoms with van der Waals surface area (Å²) in [7, 11) is 0. The van der Waals surface area contributed by atoms with Crippen LogP contribution in [0.25, 0.3) is 11.3 Å². The van der Waals surface area contributed by atoms with Crippen LogP contribution in [0.1, 0.15) is 52.9 Å². The zero-order valence-electron chi connectivity index (χ0n) is 22.3. The molecule has 2 amide bonds. The van der Waals surface area contributed by atoms with Gasteiger partial charge in [-0.1, -0.05) is 41.9 Å².